The van der Waals surface area contributed by atoms with Gasteiger partial charge in [0.15, 0.2) is 0 Å². The molecule has 0 fully saturated rings. The molecule has 0 unspecified atom stereocenters. The Kier molecular flexibility index (Phi) is 6.35. The minimum absolute atomic E-state index is 0.0979. The van der Waals surface area contributed by atoms with E-state index in [1.165, 1.54) is 6.08 Å². The summed E-state index contributed by atoms with van der Waals surface area (Å²) < 4.78 is 0. The number of carbonyl (C=O) groups excluding carboxylic acids is 2. The highest BCUT2D eigenvalue weighted by molar-refractivity contribution is 5.96. The second kappa shape index (κ2) is 8.33. The summed E-state index contributed by atoms with van der Waals surface area (Å²) in [5.41, 5.74) is 1.28. The smallest absolute Gasteiger partial charge is 0.244 e. The molecule has 102 valence electrons. The lowest BCUT2D eigenvalue weighted by molar-refractivity contribution is -0.121. The van der Waals surface area contributed by atoms with E-state index in [2.05, 4.69) is 16.6 Å². The number of hydrogen-bond donors (Lipinski definition) is 2. The van der Waals surface area contributed by atoms with Gasteiger partial charge in [-0.25, -0.2) is 0 Å². The third kappa shape index (κ3) is 5.69. The highest BCUT2D eigenvalue weighted by atomic mass is 16.2. The van der Waals surface area contributed by atoms with E-state index >= 15 is 0 Å². The van der Waals surface area contributed by atoms with Crippen molar-refractivity contribution in [1.29, 1.82) is 0 Å². The summed E-state index contributed by atoms with van der Waals surface area (Å²) >= 11 is 0. The molecule has 0 aromatic heterocycles. The molecule has 4 nitrogen and oxygen atoms in total. The Morgan fingerprint density at radius 2 is 2.15 bits per heavy atom. The van der Waals surface area contributed by atoms with Gasteiger partial charge in [0.1, 0.15) is 0 Å². The fraction of sp³-hybridized carbons (Fsp3) is 0.125. The van der Waals surface area contributed by atoms with Gasteiger partial charge in [-0.05, 0) is 25.1 Å². The van der Waals surface area contributed by atoms with Gasteiger partial charge >= 0.3 is 0 Å². The molecular formula is C16H16N2O2. The number of benzene rings is 1. The van der Waals surface area contributed by atoms with Gasteiger partial charge in [0.2, 0.25) is 11.8 Å². The largest absolute Gasteiger partial charge is 0.343 e. The summed E-state index contributed by atoms with van der Waals surface area (Å²) in [4.78, 5) is 23.0. The summed E-state index contributed by atoms with van der Waals surface area (Å²) in [6.45, 7) is 1.75. The Morgan fingerprint density at radius 3 is 2.85 bits per heavy atom. The molecule has 0 radical (unpaired) electrons. The molecule has 0 aliphatic carbocycles. The molecule has 4 heteroatoms. The molecular weight excluding hydrogens is 252 g/mol. The van der Waals surface area contributed by atoms with Gasteiger partial charge in [0.05, 0.1) is 6.54 Å². The van der Waals surface area contributed by atoms with Gasteiger partial charge in [0, 0.05) is 17.3 Å². The van der Waals surface area contributed by atoms with Crippen molar-refractivity contribution >= 4 is 17.5 Å². The molecule has 0 saturated heterocycles. The van der Waals surface area contributed by atoms with Crippen LogP contribution in [0.5, 0.6) is 0 Å². The van der Waals surface area contributed by atoms with Crippen LogP contribution in [0.3, 0.4) is 0 Å². The van der Waals surface area contributed by atoms with Crippen LogP contribution in [-0.4, -0.2) is 18.4 Å². The third-order valence-corrected chi connectivity index (χ3v) is 2.29. The number of carbonyl (C=O) groups is 2. The number of nitrogens with one attached hydrogen (secondary N) is 2. The van der Waals surface area contributed by atoms with E-state index < -0.39 is 0 Å². The lowest BCUT2D eigenvalue weighted by Crippen LogP contribution is -2.31. The maximum Gasteiger partial charge on any atom is 0.244 e. The lowest BCUT2D eigenvalue weighted by Gasteiger charge is -2.06. The quantitative estimate of drug-likeness (QED) is 0.486. The molecule has 0 atom stereocenters. The Balaban J connectivity index is 2.44. The van der Waals surface area contributed by atoms with Crippen molar-refractivity contribution in [3.63, 3.8) is 0 Å². The fourth-order valence-electron chi connectivity index (χ4n) is 1.37. The van der Waals surface area contributed by atoms with Crippen LogP contribution in [0.25, 0.3) is 0 Å². The first kappa shape index (κ1) is 15.3. The summed E-state index contributed by atoms with van der Waals surface area (Å²) in [5, 5.41) is 5.13. The van der Waals surface area contributed by atoms with Crippen LogP contribution in [0.4, 0.5) is 5.69 Å². The maximum absolute atomic E-state index is 11.6. The van der Waals surface area contributed by atoms with Crippen LogP contribution >= 0.6 is 0 Å². The maximum atomic E-state index is 11.6. The molecule has 0 saturated carbocycles. The number of anilines is 1. The van der Waals surface area contributed by atoms with Gasteiger partial charge in [-0.2, -0.15) is 0 Å². The first-order chi connectivity index (χ1) is 9.65. The highest BCUT2D eigenvalue weighted by Crippen LogP contribution is 2.09. The number of rotatable bonds is 5. The first-order valence-corrected chi connectivity index (χ1v) is 6.09. The van der Waals surface area contributed by atoms with Crippen LogP contribution < -0.4 is 10.6 Å². The van der Waals surface area contributed by atoms with E-state index in [0.717, 1.165) is 0 Å². The van der Waals surface area contributed by atoms with E-state index in [4.69, 9.17) is 6.42 Å². The minimum Gasteiger partial charge on any atom is -0.343 e. The van der Waals surface area contributed by atoms with Crippen LogP contribution in [-0.2, 0) is 9.59 Å². The van der Waals surface area contributed by atoms with Crippen molar-refractivity contribution < 1.29 is 9.59 Å². The number of hydrogen-bond acceptors (Lipinski definition) is 2. The third-order valence-electron chi connectivity index (χ3n) is 2.29. The highest BCUT2D eigenvalue weighted by Gasteiger charge is 2.03. The van der Waals surface area contributed by atoms with Gasteiger partial charge < -0.3 is 10.6 Å². The zero-order chi connectivity index (χ0) is 14.8. The van der Waals surface area contributed by atoms with Gasteiger partial charge in [0.25, 0.3) is 0 Å². The molecule has 1 aromatic carbocycles. The Hall–Kier alpha value is -2.80. The van der Waals surface area contributed by atoms with Crippen molar-refractivity contribution in [3.8, 4) is 12.3 Å². The second-order valence-electron chi connectivity index (χ2n) is 3.88. The van der Waals surface area contributed by atoms with E-state index in [-0.39, 0.29) is 18.4 Å². The lowest BCUT2D eigenvalue weighted by atomic mass is 10.2. The number of amides is 2. The minimum atomic E-state index is -0.323. The normalized spacial score (nSPS) is 10.4. The van der Waals surface area contributed by atoms with Crippen LogP contribution in [0.2, 0.25) is 0 Å². The Morgan fingerprint density at radius 1 is 1.35 bits per heavy atom. The van der Waals surface area contributed by atoms with Crippen molar-refractivity contribution in [3.05, 3.63) is 54.1 Å². The molecule has 1 rings (SSSR count). The zero-order valence-electron chi connectivity index (χ0n) is 11.2. The standard InChI is InChI=1S/C16H16N2O2/c1-3-5-6-10-15(19)17-12-16(20)18-14-9-7-8-13(4-2)11-14/h2-3,5-11H,12H2,1H3,(H,17,19)(H,18,20). The van der Waals surface area contributed by atoms with Gasteiger partial charge in [-0.3, -0.25) is 9.59 Å². The molecule has 20 heavy (non-hydrogen) atoms. The predicted octanol–water partition coefficient (Wildman–Crippen LogP) is 1.85. The summed E-state index contributed by atoms with van der Waals surface area (Å²) in [7, 11) is 0. The molecule has 0 aliphatic heterocycles. The van der Waals surface area contributed by atoms with Crippen molar-refractivity contribution in [1.82, 2.24) is 5.32 Å². The van der Waals surface area contributed by atoms with Crippen LogP contribution in [0.1, 0.15) is 12.5 Å². The fourth-order valence-corrected chi connectivity index (χ4v) is 1.37. The molecule has 0 heterocycles. The summed E-state index contributed by atoms with van der Waals surface area (Å²) in [6, 6.07) is 6.94. The number of terminal acetylenes is 1. The van der Waals surface area contributed by atoms with Crippen molar-refractivity contribution in [2.24, 2.45) is 0 Å². The molecule has 2 amide bonds. The van der Waals surface area contributed by atoms with E-state index in [1.807, 2.05) is 6.92 Å². The van der Waals surface area contributed by atoms with Crippen LogP contribution in [0.15, 0.2) is 48.6 Å². The molecule has 2 N–H and O–H groups in total. The van der Waals surface area contributed by atoms with Crippen molar-refractivity contribution in [2.75, 3.05) is 11.9 Å². The molecule has 0 spiro atoms. The number of allylic oxidation sites excluding steroid dienone is 3. The topological polar surface area (TPSA) is 58.2 Å². The SMILES string of the molecule is C#Cc1cccc(NC(=O)CNC(=O)C=CC=CC)c1. The Bertz CT molecular complexity index is 580. The summed E-state index contributed by atoms with van der Waals surface area (Å²) in [5.74, 6) is 1.85. The molecule has 0 bridgehead atoms. The van der Waals surface area contributed by atoms with Crippen LogP contribution in [0, 0.1) is 12.3 Å². The predicted molar refractivity (Wildman–Crippen MR) is 80.0 cm³/mol. The molecule has 0 aliphatic rings. The van der Waals surface area contributed by atoms with E-state index in [1.54, 1.807) is 42.5 Å². The van der Waals surface area contributed by atoms with E-state index in [0.29, 0.717) is 11.3 Å². The second-order valence-corrected chi connectivity index (χ2v) is 3.88. The average Bonchev–Trinajstić information content (AvgIpc) is 2.45. The average molecular weight is 268 g/mol. The van der Waals surface area contributed by atoms with Gasteiger partial charge in [-0.15, -0.1) is 6.42 Å². The van der Waals surface area contributed by atoms with Gasteiger partial charge in [-0.1, -0.05) is 30.2 Å². The summed E-state index contributed by atoms with van der Waals surface area (Å²) in [6.07, 6.45) is 11.8. The monoisotopic (exact) mass is 268 g/mol. The molecule has 1 aromatic rings. The Labute approximate surface area is 118 Å². The van der Waals surface area contributed by atoms with E-state index in [9.17, 15) is 9.59 Å². The van der Waals surface area contributed by atoms with Crippen molar-refractivity contribution in [2.45, 2.75) is 6.92 Å². The first-order valence-electron chi connectivity index (χ1n) is 6.09. The zero-order valence-corrected chi connectivity index (χ0v) is 11.2.